The first kappa shape index (κ1) is 13.6. The van der Waals surface area contributed by atoms with Gasteiger partial charge >= 0.3 is 0 Å². The van der Waals surface area contributed by atoms with Gasteiger partial charge < -0.3 is 9.84 Å². The summed E-state index contributed by atoms with van der Waals surface area (Å²) in [6.45, 7) is 1.79. The maximum Gasteiger partial charge on any atom is 0.291 e. The molecule has 0 saturated heterocycles. The number of rotatable bonds is 4. The normalized spacial score (nSPS) is 10.7. The molecule has 20 heavy (non-hydrogen) atoms. The number of ether oxygens (including phenoxy) is 1. The van der Waals surface area contributed by atoms with E-state index in [1.54, 1.807) is 31.2 Å². The van der Waals surface area contributed by atoms with Gasteiger partial charge in [-0.3, -0.25) is 9.89 Å². The smallest absolute Gasteiger partial charge is 0.291 e. The van der Waals surface area contributed by atoms with E-state index in [4.69, 9.17) is 4.74 Å². The van der Waals surface area contributed by atoms with Crippen molar-refractivity contribution in [1.82, 2.24) is 15.6 Å². The van der Waals surface area contributed by atoms with Gasteiger partial charge in [-0.05, 0) is 25.1 Å². The third kappa shape index (κ3) is 2.94. The number of aromatic amines is 1. The minimum atomic E-state index is -0.437. The number of benzene rings is 1. The van der Waals surface area contributed by atoms with Crippen molar-refractivity contribution >= 4 is 12.1 Å². The summed E-state index contributed by atoms with van der Waals surface area (Å²) in [5.74, 6) is -0.139. The maximum absolute atomic E-state index is 11.7. The number of hydrazone groups is 1. The molecule has 1 aromatic heterocycles. The number of amides is 1. The number of aromatic nitrogens is 2. The minimum absolute atomic E-state index is 0.0383. The molecule has 0 radical (unpaired) electrons. The second-order valence-electron chi connectivity index (χ2n) is 4.03. The predicted octanol–water partition coefficient (Wildman–Crippen LogP) is 1.20. The number of hydrogen-bond acceptors (Lipinski definition) is 5. The fourth-order valence-electron chi connectivity index (χ4n) is 1.56. The Morgan fingerprint density at radius 1 is 1.55 bits per heavy atom. The van der Waals surface area contributed by atoms with Gasteiger partial charge in [0.05, 0.1) is 13.3 Å². The van der Waals surface area contributed by atoms with Gasteiger partial charge in [0.1, 0.15) is 0 Å². The number of phenols is 1. The van der Waals surface area contributed by atoms with E-state index in [-0.39, 0.29) is 11.4 Å². The van der Waals surface area contributed by atoms with Crippen molar-refractivity contribution in [1.29, 1.82) is 0 Å². The second-order valence-corrected chi connectivity index (χ2v) is 4.03. The highest BCUT2D eigenvalue weighted by molar-refractivity contribution is 5.93. The van der Waals surface area contributed by atoms with Crippen LogP contribution in [-0.4, -0.2) is 34.5 Å². The summed E-state index contributed by atoms with van der Waals surface area (Å²) in [6.07, 6.45) is 1.33. The van der Waals surface area contributed by atoms with Gasteiger partial charge in [-0.1, -0.05) is 6.07 Å². The SMILES string of the molecule is COc1cccc(/C=N\NC(=O)c2cc(C)[nH]n2)c1O. The van der Waals surface area contributed by atoms with E-state index in [9.17, 15) is 9.90 Å². The molecule has 0 unspecified atom stereocenters. The Balaban J connectivity index is 2.05. The van der Waals surface area contributed by atoms with Crippen molar-refractivity contribution in [2.45, 2.75) is 6.92 Å². The molecular weight excluding hydrogens is 260 g/mol. The number of carbonyl (C=O) groups is 1. The van der Waals surface area contributed by atoms with Crippen molar-refractivity contribution in [2.75, 3.05) is 7.11 Å². The highest BCUT2D eigenvalue weighted by Gasteiger charge is 2.08. The Morgan fingerprint density at radius 3 is 3.00 bits per heavy atom. The predicted molar refractivity (Wildman–Crippen MR) is 73.0 cm³/mol. The van der Waals surface area contributed by atoms with E-state index in [2.05, 4.69) is 20.7 Å². The highest BCUT2D eigenvalue weighted by Crippen LogP contribution is 2.27. The lowest BCUT2D eigenvalue weighted by molar-refractivity contribution is 0.0950. The van der Waals surface area contributed by atoms with Crippen LogP contribution in [0.3, 0.4) is 0 Å². The molecule has 104 valence electrons. The van der Waals surface area contributed by atoms with Gasteiger partial charge in [0, 0.05) is 11.3 Å². The van der Waals surface area contributed by atoms with Gasteiger partial charge in [-0.25, -0.2) is 5.43 Å². The third-order valence-electron chi connectivity index (χ3n) is 2.56. The van der Waals surface area contributed by atoms with E-state index >= 15 is 0 Å². The number of nitrogens with one attached hydrogen (secondary N) is 2. The molecule has 2 aromatic rings. The number of methoxy groups -OCH3 is 1. The maximum atomic E-state index is 11.7. The average molecular weight is 274 g/mol. The largest absolute Gasteiger partial charge is 0.504 e. The summed E-state index contributed by atoms with van der Waals surface area (Å²) in [5, 5.41) is 20.1. The summed E-state index contributed by atoms with van der Waals surface area (Å²) in [6, 6.07) is 6.58. The standard InChI is InChI=1S/C13H14N4O3/c1-8-6-10(16-15-8)13(19)17-14-7-9-4-3-5-11(20-2)12(9)18/h3-7,18H,1-2H3,(H,15,16)(H,17,19)/b14-7-. The number of H-pyrrole nitrogens is 1. The van der Waals surface area contributed by atoms with Crippen LogP contribution in [0.1, 0.15) is 21.7 Å². The lowest BCUT2D eigenvalue weighted by Gasteiger charge is -2.04. The Hall–Kier alpha value is -2.83. The van der Waals surface area contributed by atoms with E-state index in [0.29, 0.717) is 11.3 Å². The van der Waals surface area contributed by atoms with Crippen LogP contribution in [0.25, 0.3) is 0 Å². The molecule has 1 heterocycles. The highest BCUT2D eigenvalue weighted by atomic mass is 16.5. The average Bonchev–Trinajstić information content (AvgIpc) is 2.87. The Morgan fingerprint density at radius 2 is 2.35 bits per heavy atom. The lowest BCUT2D eigenvalue weighted by atomic mass is 10.2. The van der Waals surface area contributed by atoms with E-state index < -0.39 is 5.91 Å². The molecule has 1 aromatic carbocycles. The first-order valence-corrected chi connectivity index (χ1v) is 5.83. The van der Waals surface area contributed by atoms with Crippen LogP contribution >= 0.6 is 0 Å². The molecule has 0 aliphatic carbocycles. The molecule has 0 aliphatic heterocycles. The quantitative estimate of drug-likeness (QED) is 0.576. The van der Waals surface area contributed by atoms with Crippen LogP contribution in [0.15, 0.2) is 29.4 Å². The van der Waals surface area contributed by atoms with Crippen molar-refractivity contribution in [3.8, 4) is 11.5 Å². The molecule has 7 heteroatoms. The number of hydrogen-bond donors (Lipinski definition) is 3. The van der Waals surface area contributed by atoms with E-state index in [1.807, 2.05) is 0 Å². The third-order valence-corrected chi connectivity index (χ3v) is 2.56. The molecule has 0 fully saturated rings. The fraction of sp³-hybridized carbons (Fsp3) is 0.154. The number of nitrogens with zero attached hydrogens (tertiary/aromatic N) is 2. The summed E-state index contributed by atoms with van der Waals surface area (Å²) in [7, 11) is 1.46. The van der Waals surface area contributed by atoms with Crippen LogP contribution in [0.4, 0.5) is 0 Å². The number of para-hydroxylation sites is 1. The second kappa shape index (κ2) is 5.87. The monoisotopic (exact) mass is 274 g/mol. The topological polar surface area (TPSA) is 99.6 Å². The first-order chi connectivity index (χ1) is 9.61. The molecule has 7 nitrogen and oxygen atoms in total. The molecule has 0 spiro atoms. The number of aryl methyl sites for hydroxylation is 1. The molecule has 0 bridgehead atoms. The fourth-order valence-corrected chi connectivity index (χ4v) is 1.56. The van der Waals surface area contributed by atoms with Crippen molar-refractivity contribution in [3.05, 3.63) is 41.2 Å². The van der Waals surface area contributed by atoms with Crippen LogP contribution in [0, 0.1) is 6.92 Å². The van der Waals surface area contributed by atoms with Crippen LogP contribution < -0.4 is 10.2 Å². The Bertz CT molecular complexity index is 649. The zero-order valence-corrected chi connectivity index (χ0v) is 11.0. The van der Waals surface area contributed by atoms with Gasteiger partial charge in [0.2, 0.25) is 0 Å². The number of carbonyl (C=O) groups excluding carboxylic acids is 1. The van der Waals surface area contributed by atoms with Crippen LogP contribution in [0.5, 0.6) is 11.5 Å². The number of aromatic hydroxyl groups is 1. The van der Waals surface area contributed by atoms with Crippen LogP contribution in [0.2, 0.25) is 0 Å². The molecule has 0 saturated carbocycles. The van der Waals surface area contributed by atoms with Crippen molar-refractivity contribution in [3.63, 3.8) is 0 Å². The minimum Gasteiger partial charge on any atom is -0.504 e. The Labute approximate surface area is 115 Å². The van der Waals surface area contributed by atoms with Crippen molar-refractivity contribution < 1.29 is 14.6 Å². The Kier molecular flexibility index (Phi) is 3.99. The zero-order valence-electron chi connectivity index (χ0n) is 11.0. The van der Waals surface area contributed by atoms with Gasteiger partial charge in [0.15, 0.2) is 17.2 Å². The first-order valence-electron chi connectivity index (χ1n) is 5.83. The summed E-state index contributed by atoms with van der Waals surface area (Å²) < 4.78 is 4.97. The van der Waals surface area contributed by atoms with Gasteiger partial charge in [-0.2, -0.15) is 10.2 Å². The van der Waals surface area contributed by atoms with Crippen LogP contribution in [-0.2, 0) is 0 Å². The van der Waals surface area contributed by atoms with E-state index in [0.717, 1.165) is 5.69 Å². The molecular formula is C13H14N4O3. The van der Waals surface area contributed by atoms with Crippen molar-refractivity contribution in [2.24, 2.45) is 5.10 Å². The lowest BCUT2D eigenvalue weighted by Crippen LogP contribution is -2.18. The molecule has 3 N–H and O–H groups in total. The molecule has 0 aliphatic rings. The summed E-state index contributed by atoms with van der Waals surface area (Å²) in [4.78, 5) is 11.7. The molecule has 2 rings (SSSR count). The zero-order chi connectivity index (χ0) is 14.5. The summed E-state index contributed by atoms with van der Waals surface area (Å²) >= 11 is 0. The summed E-state index contributed by atoms with van der Waals surface area (Å²) in [5.41, 5.74) is 3.78. The van der Waals surface area contributed by atoms with E-state index in [1.165, 1.54) is 13.3 Å². The molecule has 0 atom stereocenters. The van der Waals surface area contributed by atoms with Gasteiger partial charge in [-0.15, -0.1) is 0 Å². The van der Waals surface area contributed by atoms with Gasteiger partial charge in [0.25, 0.3) is 5.91 Å². The number of phenolic OH excluding ortho intramolecular Hbond substituents is 1. The molecule has 1 amide bonds.